The number of ether oxygens (including phenoxy) is 2. The summed E-state index contributed by atoms with van der Waals surface area (Å²) in [6.45, 7) is 4.38. The number of pyridine rings is 1. The van der Waals surface area contributed by atoms with Crippen LogP contribution in [0.1, 0.15) is 31.2 Å². The summed E-state index contributed by atoms with van der Waals surface area (Å²) in [5.74, 6) is 2.28. The van der Waals surface area contributed by atoms with E-state index >= 15 is 0 Å². The van der Waals surface area contributed by atoms with Gasteiger partial charge in [-0.15, -0.1) is 0 Å². The normalized spacial score (nSPS) is 11.1. The molecule has 4 rings (SSSR count). The maximum atomic E-state index is 13.0. The molecular formula is C22H21FN4O3. The minimum absolute atomic E-state index is 0.272. The van der Waals surface area contributed by atoms with Crippen LogP contribution in [0.5, 0.6) is 11.5 Å². The van der Waals surface area contributed by atoms with Crippen LogP contribution in [0.3, 0.4) is 0 Å². The standard InChI is InChI=1S/C22H21FN4O3/c1-13(2)18-8-16(30-27-18)12-29-15-5-6-17(20(9-15)28-3)19-11-25-22(26-19)14-4-7-21(23)24-10-14/h4-11,13H,12H2,1-3H3,(H,25,26). The molecule has 0 spiro atoms. The Hall–Kier alpha value is -3.68. The van der Waals surface area contributed by atoms with Crippen LogP contribution in [0.15, 0.2) is 53.3 Å². The van der Waals surface area contributed by atoms with Crippen LogP contribution >= 0.6 is 0 Å². The van der Waals surface area contributed by atoms with Gasteiger partial charge in [-0.25, -0.2) is 9.97 Å². The lowest BCUT2D eigenvalue weighted by atomic mass is 10.1. The third-order valence-corrected chi connectivity index (χ3v) is 4.59. The summed E-state index contributed by atoms with van der Waals surface area (Å²) in [4.78, 5) is 11.2. The average molecular weight is 408 g/mol. The molecule has 0 saturated heterocycles. The van der Waals surface area contributed by atoms with Gasteiger partial charge in [-0.2, -0.15) is 4.39 Å². The second-order valence-electron chi connectivity index (χ2n) is 7.04. The van der Waals surface area contributed by atoms with E-state index in [4.69, 9.17) is 14.0 Å². The van der Waals surface area contributed by atoms with Crippen LogP contribution in [-0.2, 0) is 6.61 Å². The molecular weight excluding hydrogens is 387 g/mol. The monoisotopic (exact) mass is 408 g/mol. The van der Waals surface area contributed by atoms with E-state index in [2.05, 4.69) is 34.0 Å². The molecule has 3 aromatic heterocycles. The van der Waals surface area contributed by atoms with Crippen molar-refractivity contribution in [3.05, 3.63) is 66.2 Å². The fourth-order valence-electron chi connectivity index (χ4n) is 2.93. The van der Waals surface area contributed by atoms with Gasteiger partial charge in [0.05, 0.1) is 24.7 Å². The predicted molar refractivity (Wildman–Crippen MR) is 109 cm³/mol. The smallest absolute Gasteiger partial charge is 0.212 e. The highest BCUT2D eigenvalue weighted by Crippen LogP contribution is 2.33. The van der Waals surface area contributed by atoms with Gasteiger partial charge < -0.3 is 19.0 Å². The molecule has 0 fully saturated rings. The lowest BCUT2D eigenvalue weighted by molar-refractivity contribution is 0.247. The molecule has 7 nitrogen and oxygen atoms in total. The van der Waals surface area contributed by atoms with Crippen molar-refractivity contribution < 1.29 is 18.4 Å². The first-order valence-corrected chi connectivity index (χ1v) is 9.47. The number of halogens is 1. The number of H-pyrrole nitrogens is 1. The third kappa shape index (κ3) is 4.17. The Bertz CT molecular complexity index is 1140. The Morgan fingerprint density at radius 2 is 1.97 bits per heavy atom. The molecule has 1 aromatic carbocycles. The van der Waals surface area contributed by atoms with Crippen LogP contribution in [0.2, 0.25) is 0 Å². The largest absolute Gasteiger partial charge is 0.496 e. The summed E-state index contributed by atoms with van der Waals surface area (Å²) < 4.78 is 29.7. The number of imidazole rings is 1. The first kappa shape index (κ1) is 19.6. The summed E-state index contributed by atoms with van der Waals surface area (Å²) in [5.41, 5.74) is 3.16. The lowest BCUT2D eigenvalue weighted by Crippen LogP contribution is -1.96. The second-order valence-corrected chi connectivity index (χ2v) is 7.04. The van der Waals surface area contributed by atoms with E-state index in [1.54, 1.807) is 25.4 Å². The highest BCUT2D eigenvalue weighted by molar-refractivity contribution is 5.70. The summed E-state index contributed by atoms with van der Waals surface area (Å²) in [6.07, 6.45) is 3.12. The Labute approximate surface area is 172 Å². The van der Waals surface area contributed by atoms with E-state index in [1.807, 2.05) is 18.2 Å². The van der Waals surface area contributed by atoms with Gasteiger partial charge in [0.15, 0.2) is 5.76 Å². The van der Waals surface area contributed by atoms with E-state index in [9.17, 15) is 4.39 Å². The summed E-state index contributed by atoms with van der Waals surface area (Å²) >= 11 is 0. The molecule has 0 radical (unpaired) electrons. The van der Waals surface area contributed by atoms with Crippen molar-refractivity contribution in [1.29, 1.82) is 0 Å². The number of aromatic nitrogens is 4. The highest BCUT2D eigenvalue weighted by Gasteiger charge is 2.13. The number of hydrogen-bond acceptors (Lipinski definition) is 6. The number of hydrogen-bond donors (Lipinski definition) is 1. The maximum Gasteiger partial charge on any atom is 0.212 e. The molecule has 0 saturated carbocycles. The van der Waals surface area contributed by atoms with E-state index in [0.717, 1.165) is 17.0 Å². The predicted octanol–water partition coefficient (Wildman–Crippen LogP) is 4.98. The van der Waals surface area contributed by atoms with Gasteiger partial charge in [-0.3, -0.25) is 0 Å². The molecule has 30 heavy (non-hydrogen) atoms. The van der Waals surface area contributed by atoms with Crippen molar-refractivity contribution in [2.45, 2.75) is 26.4 Å². The molecule has 0 aliphatic rings. The number of methoxy groups -OCH3 is 1. The van der Waals surface area contributed by atoms with E-state index in [1.165, 1.54) is 12.3 Å². The summed E-state index contributed by atoms with van der Waals surface area (Å²) in [6, 6.07) is 10.3. The van der Waals surface area contributed by atoms with Gasteiger partial charge in [-0.1, -0.05) is 19.0 Å². The number of rotatable bonds is 7. The highest BCUT2D eigenvalue weighted by atomic mass is 19.1. The molecule has 0 unspecified atom stereocenters. The summed E-state index contributed by atoms with van der Waals surface area (Å²) in [7, 11) is 1.59. The Kier molecular flexibility index (Phi) is 5.47. The van der Waals surface area contributed by atoms with Crippen LogP contribution < -0.4 is 9.47 Å². The minimum atomic E-state index is -0.534. The average Bonchev–Trinajstić information content (AvgIpc) is 3.43. The zero-order valence-corrected chi connectivity index (χ0v) is 16.8. The Morgan fingerprint density at radius 1 is 1.10 bits per heavy atom. The van der Waals surface area contributed by atoms with Crippen LogP contribution in [0, 0.1) is 5.95 Å². The molecule has 0 atom stereocenters. The van der Waals surface area contributed by atoms with Crippen molar-refractivity contribution in [1.82, 2.24) is 20.1 Å². The van der Waals surface area contributed by atoms with E-state index in [-0.39, 0.29) is 6.61 Å². The van der Waals surface area contributed by atoms with Crippen molar-refractivity contribution in [3.8, 4) is 34.1 Å². The fraction of sp³-hybridized carbons (Fsp3) is 0.227. The second kappa shape index (κ2) is 8.36. The molecule has 1 N–H and O–H groups in total. The molecule has 8 heteroatoms. The van der Waals surface area contributed by atoms with Crippen LogP contribution in [0.25, 0.3) is 22.6 Å². The molecule has 0 amide bonds. The lowest BCUT2D eigenvalue weighted by Gasteiger charge is -2.10. The Morgan fingerprint density at radius 3 is 2.67 bits per heavy atom. The Balaban J connectivity index is 1.51. The number of benzene rings is 1. The van der Waals surface area contributed by atoms with Crippen LogP contribution in [-0.4, -0.2) is 27.2 Å². The topological polar surface area (TPSA) is 86.1 Å². The molecule has 0 aliphatic heterocycles. The fourth-order valence-corrected chi connectivity index (χ4v) is 2.93. The van der Waals surface area contributed by atoms with Crippen molar-refractivity contribution >= 4 is 0 Å². The van der Waals surface area contributed by atoms with Gasteiger partial charge in [0.25, 0.3) is 0 Å². The quantitative estimate of drug-likeness (QED) is 0.434. The van der Waals surface area contributed by atoms with E-state index in [0.29, 0.717) is 34.6 Å². The first-order valence-electron chi connectivity index (χ1n) is 9.47. The van der Waals surface area contributed by atoms with Gasteiger partial charge in [-0.05, 0) is 30.2 Å². The van der Waals surface area contributed by atoms with Gasteiger partial charge in [0.2, 0.25) is 5.95 Å². The number of aromatic amines is 1. The zero-order valence-electron chi connectivity index (χ0n) is 16.8. The molecule has 154 valence electrons. The zero-order chi connectivity index (χ0) is 21.1. The van der Waals surface area contributed by atoms with Gasteiger partial charge in [0, 0.05) is 29.5 Å². The SMILES string of the molecule is COc1cc(OCc2cc(C(C)C)no2)ccc1-c1cnc(-c2ccc(F)nc2)[nH]1. The van der Waals surface area contributed by atoms with Crippen LogP contribution in [0.4, 0.5) is 4.39 Å². The molecule has 4 aromatic rings. The molecule has 0 bridgehead atoms. The maximum absolute atomic E-state index is 13.0. The number of nitrogens with zero attached hydrogens (tertiary/aromatic N) is 3. The van der Waals surface area contributed by atoms with Gasteiger partial charge in [0.1, 0.15) is 23.9 Å². The van der Waals surface area contributed by atoms with Crippen molar-refractivity contribution in [2.24, 2.45) is 0 Å². The first-order chi connectivity index (χ1) is 14.5. The van der Waals surface area contributed by atoms with E-state index < -0.39 is 5.95 Å². The van der Waals surface area contributed by atoms with Crippen molar-refractivity contribution in [2.75, 3.05) is 7.11 Å². The number of nitrogens with one attached hydrogen (secondary N) is 1. The molecule has 3 heterocycles. The van der Waals surface area contributed by atoms with Crippen molar-refractivity contribution in [3.63, 3.8) is 0 Å². The van der Waals surface area contributed by atoms with Gasteiger partial charge >= 0.3 is 0 Å². The summed E-state index contributed by atoms with van der Waals surface area (Å²) in [5, 5.41) is 4.03. The third-order valence-electron chi connectivity index (χ3n) is 4.59. The molecule has 0 aliphatic carbocycles. The minimum Gasteiger partial charge on any atom is -0.496 e.